The summed E-state index contributed by atoms with van der Waals surface area (Å²) in [5.41, 5.74) is 1.81. The molecule has 1 fully saturated rings. The number of fused-ring (bicyclic) bond motifs is 1. The third-order valence-corrected chi connectivity index (χ3v) is 6.58. The van der Waals surface area contributed by atoms with Crippen molar-refractivity contribution in [2.45, 2.75) is 44.7 Å². The van der Waals surface area contributed by atoms with E-state index >= 15 is 0 Å². The molecule has 0 radical (unpaired) electrons. The van der Waals surface area contributed by atoms with Crippen molar-refractivity contribution in [1.82, 2.24) is 4.72 Å². The molecule has 0 aromatic heterocycles. The second-order valence-electron chi connectivity index (χ2n) is 6.88. The van der Waals surface area contributed by atoms with Crippen LogP contribution in [0.3, 0.4) is 0 Å². The smallest absolute Gasteiger partial charge is 0.274 e. The van der Waals surface area contributed by atoms with E-state index in [1.165, 1.54) is 6.08 Å². The lowest BCUT2D eigenvalue weighted by atomic mass is 9.81. The summed E-state index contributed by atoms with van der Waals surface area (Å²) in [4.78, 5) is 12.4. The molecule has 1 saturated carbocycles. The fourth-order valence-corrected chi connectivity index (χ4v) is 4.84. The molecule has 0 saturated heterocycles. The van der Waals surface area contributed by atoms with Gasteiger partial charge in [0.15, 0.2) is 0 Å². The minimum absolute atomic E-state index is 0.0119. The van der Waals surface area contributed by atoms with Crippen LogP contribution in [-0.4, -0.2) is 20.5 Å². The molecule has 0 spiro atoms. The fourth-order valence-electron chi connectivity index (χ4n) is 3.62. The Morgan fingerprint density at radius 1 is 1.12 bits per heavy atom. The van der Waals surface area contributed by atoms with E-state index in [2.05, 4.69) is 0 Å². The summed E-state index contributed by atoms with van der Waals surface area (Å²) in [5.74, 6) is -3.31. The Bertz CT molecular complexity index is 830. The van der Waals surface area contributed by atoms with Crippen molar-refractivity contribution in [2.75, 3.05) is 0 Å². The average molecular weight is 387 g/mol. The predicted octanol–water partition coefficient (Wildman–Crippen LogP) is 3.79. The van der Waals surface area contributed by atoms with Crippen LogP contribution < -0.4 is 4.72 Å². The Hall–Kier alpha value is -1.83. The van der Waals surface area contributed by atoms with E-state index in [4.69, 9.17) is 0 Å². The lowest BCUT2D eigenvalue weighted by Gasteiger charge is -2.29. The summed E-state index contributed by atoms with van der Waals surface area (Å²) in [6.07, 6.45) is -1.86. The van der Waals surface area contributed by atoms with Crippen LogP contribution in [0.2, 0.25) is 0 Å². The molecule has 3 rings (SSSR count). The van der Waals surface area contributed by atoms with Crippen LogP contribution in [-0.2, 0) is 21.2 Å². The van der Waals surface area contributed by atoms with E-state index in [1.807, 2.05) is 16.9 Å². The summed E-state index contributed by atoms with van der Waals surface area (Å²) in [7, 11) is -4.05. The number of carbonyl (C=O) groups excluding carboxylic acids is 1. The second kappa shape index (κ2) is 7.06. The van der Waals surface area contributed by atoms with Gasteiger partial charge in [0.25, 0.3) is 10.0 Å². The van der Waals surface area contributed by atoms with Gasteiger partial charge in [-0.25, -0.2) is 13.1 Å². The zero-order valence-electron chi connectivity index (χ0n) is 14.1. The highest BCUT2D eigenvalue weighted by Crippen LogP contribution is 2.40. The first-order valence-corrected chi connectivity index (χ1v) is 10.1. The highest BCUT2D eigenvalue weighted by atomic mass is 32.2. The molecule has 2 aliphatic rings. The fraction of sp³-hybridized carbons (Fsp3) is 0.500. The van der Waals surface area contributed by atoms with Crippen molar-refractivity contribution in [1.29, 1.82) is 0 Å². The monoisotopic (exact) mass is 387 g/mol. The molecule has 0 bridgehead atoms. The Labute approximate surface area is 150 Å². The van der Waals surface area contributed by atoms with E-state index in [0.717, 1.165) is 11.1 Å². The van der Waals surface area contributed by atoms with Crippen LogP contribution in [0.1, 0.15) is 43.2 Å². The van der Waals surface area contributed by atoms with Gasteiger partial charge in [0.2, 0.25) is 5.91 Å². The molecule has 2 atom stereocenters. The topological polar surface area (TPSA) is 63.2 Å². The zero-order chi connectivity index (χ0) is 18.9. The molecular formula is C18H20F3NO3S. The molecule has 2 aliphatic carbocycles. The number of allylic oxidation sites excluding steroid dienone is 1. The molecular weight excluding hydrogens is 367 g/mol. The van der Waals surface area contributed by atoms with Crippen LogP contribution in [0, 0.1) is 11.8 Å². The number of amides is 1. The van der Waals surface area contributed by atoms with Gasteiger partial charge < -0.3 is 0 Å². The largest absolute Gasteiger partial charge is 0.391 e. The van der Waals surface area contributed by atoms with Crippen molar-refractivity contribution in [3.8, 4) is 0 Å². The molecule has 142 valence electrons. The first kappa shape index (κ1) is 18.9. The van der Waals surface area contributed by atoms with Gasteiger partial charge in [0.1, 0.15) is 0 Å². The highest BCUT2D eigenvalue weighted by molar-refractivity contribution is 7.94. The van der Waals surface area contributed by atoms with Gasteiger partial charge >= 0.3 is 6.18 Å². The molecule has 8 heteroatoms. The number of alkyl halides is 3. The SMILES string of the molecule is O=C(NS(=O)(=O)C1=Cc2ccccc2CC1)C1CCCC(C(F)(F)F)C1. The number of carbonyl (C=O) groups is 1. The molecule has 1 aromatic rings. The molecule has 1 amide bonds. The van der Waals surface area contributed by atoms with Crippen molar-refractivity contribution >= 4 is 22.0 Å². The van der Waals surface area contributed by atoms with E-state index in [1.54, 1.807) is 12.1 Å². The standard InChI is InChI=1S/C18H20F3NO3S/c19-18(20,21)15-7-3-6-14(10-15)17(23)22-26(24,25)16-9-8-12-4-1-2-5-13(12)11-16/h1-2,4-5,11,14-15H,3,6-10H2,(H,22,23). The van der Waals surface area contributed by atoms with Gasteiger partial charge in [0, 0.05) is 5.92 Å². The van der Waals surface area contributed by atoms with Crippen molar-refractivity contribution in [3.63, 3.8) is 0 Å². The third-order valence-electron chi connectivity index (χ3n) is 5.10. The number of sulfonamides is 1. The predicted molar refractivity (Wildman–Crippen MR) is 91.3 cm³/mol. The van der Waals surface area contributed by atoms with E-state index in [9.17, 15) is 26.4 Å². The van der Waals surface area contributed by atoms with Crippen LogP contribution in [0.5, 0.6) is 0 Å². The van der Waals surface area contributed by atoms with E-state index in [-0.39, 0.29) is 37.0 Å². The van der Waals surface area contributed by atoms with Crippen molar-refractivity contribution < 1.29 is 26.4 Å². The maximum atomic E-state index is 12.9. The van der Waals surface area contributed by atoms with Gasteiger partial charge in [-0.3, -0.25) is 4.79 Å². The number of hydrogen-bond acceptors (Lipinski definition) is 3. The molecule has 4 nitrogen and oxygen atoms in total. The number of nitrogens with one attached hydrogen (secondary N) is 1. The lowest BCUT2D eigenvalue weighted by Crippen LogP contribution is -2.40. The second-order valence-corrected chi connectivity index (χ2v) is 8.62. The normalized spacial score (nSPS) is 23.7. The summed E-state index contributed by atoms with van der Waals surface area (Å²) < 4.78 is 65.7. The third kappa shape index (κ3) is 4.11. The van der Waals surface area contributed by atoms with Crippen LogP contribution in [0.25, 0.3) is 6.08 Å². The Morgan fingerprint density at radius 3 is 2.58 bits per heavy atom. The van der Waals surface area contributed by atoms with Gasteiger partial charge in [-0.2, -0.15) is 13.2 Å². The van der Waals surface area contributed by atoms with Gasteiger partial charge in [-0.15, -0.1) is 0 Å². The van der Waals surface area contributed by atoms with E-state index in [0.29, 0.717) is 6.42 Å². The van der Waals surface area contributed by atoms with Gasteiger partial charge in [-0.05, 0) is 49.3 Å². The minimum Gasteiger partial charge on any atom is -0.274 e. The first-order chi connectivity index (χ1) is 12.2. The van der Waals surface area contributed by atoms with Crippen LogP contribution in [0.15, 0.2) is 29.2 Å². The minimum atomic E-state index is -4.35. The molecule has 1 N–H and O–H groups in total. The molecule has 2 unspecified atom stereocenters. The first-order valence-electron chi connectivity index (χ1n) is 8.58. The molecule has 0 heterocycles. The number of benzene rings is 1. The molecule has 26 heavy (non-hydrogen) atoms. The Balaban J connectivity index is 1.72. The summed E-state index contributed by atoms with van der Waals surface area (Å²) in [6, 6.07) is 7.37. The van der Waals surface area contributed by atoms with Gasteiger partial charge in [0.05, 0.1) is 10.8 Å². The van der Waals surface area contributed by atoms with E-state index < -0.39 is 33.9 Å². The van der Waals surface area contributed by atoms with Crippen molar-refractivity contribution in [2.24, 2.45) is 11.8 Å². The number of hydrogen-bond donors (Lipinski definition) is 1. The summed E-state index contributed by atoms with van der Waals surface area (Å²) in [6.45, 7) is 0. The molecule has 1 aromatic carbocycles. The zero-order valence-corrected chi connectivity index (χ0v) is 14.9. The van der Waals surface area contributed by atoms with Crippen LogP contribution in [0.4, 0.5) is 13.2 Å². The Kier molecular flexibility index (Phi) is 5.14. The maximum Gasteiger partial charge on any atom is 0.391 e. The highest BCUT2D eigenvalue weighted by Gasteiger charge is 2.44. The number of halogens is 3. The maximum absolute atomic E-state index is 12.9. The lowest BCUT2D eigenvalue weighted by molar-refractivity contribution is -0.186. The van der Waals surface area contributed by atoms with Crippen molar-refractivity contribution in [3.05, 3.63) is 40.3 Å². The number of aryl methyl sites for hydroxylation is 1. The molecule has 0 aliphatic heterocycles. The quantitative estimate of drug-likeness (QED) is 0.858. The van der Waals surface area contributed by atoms with Gasteiger partial charge in [-0.1, -0.05) is 30.7 Å². The van der Waals surface area contributed by atoms with Crippen LogP contribution >= 0.6 is 0 Å². The average Bonchev–Trinajstić information content (AvgIpc) is 2.60. The Morgan fingerprint density at radius 2 is 1.85 bits per heavy atom. The summed E-state index contributed by atoms with van der Waals surface area (Å²) >= 11 is 0. The number of rotatable bonds is 3. The summed E-state index contributed by atoms with van der Waals surface area (Å²) in [5, 5.41) is 0.